The summed E-state index contributed by atoms with van der Waals surface area (Å²) in [4.78, 5) is 12.3. The Balaban J connectivity index is 2.47. The number of anilines is 1. The topological polar surface area (TPSA) is 66.5 Å². The minimum atomic E-state index is -3.92. The van der Waals surface area contributed by atoms with Gasteiger partial charge in [0, 0.05) is 6.04 Å². The Bertz CT molecular complexity index is 808. The molecule has 0 unspecified atom stereocenters. The Morgan fingerprint density at radius 1 is 1.08 bits per heavy atom. The summed E-state index contributed by atoms with van der Waals surface area (Å²) in [6.07, 6.45) is 0. The van der Waals surface area contributed by atoms with Crippen LogP contribution in [0.1, 0.15) is 13.8 Å². The molecule has 0 aromatic heterocycles. The van der Waals surface area contributed by atoms with Gasteiger partial charge in [0.15, 0.2) is 0 Å². The quantitative estimate of drug-likeness (QED) is 0.854. The highest BCUT2D eigenvalue weighted by Gasteiger charge is 2.28. The van der Waals surface area contributed by atoms with Crippen molar-refractivity contribution in [2.45, 2.75) is 24.8 Å². The first kappa shape index (κ1) is 18.3. The van der Waals surface area contributed by atoms with E-state index in [4.69, 9.17) is 11.6 Å². The van der Waals surface area contributed by atoms with Crippen LogP contribution in [0.4, 0.5) is 5.69 Å². The molecule has 2 aromatic rings. The van der Waals surface area contributed by atoms with Crippen LogP contribution < -0.4 is 9.62 Å². The molecular formula is C17H19ClN2O3S. The Hall–Kier alpha value is -2.05. The second-order valence-corrected chi connectivity index (χ2v) is 7.77. The lowest BCUT2D eigenvalue weighted by molar-refractivity contribution is -0.120. The minimum Gasteiger partial charge on any atom is -0.352 e. The summed E-state index contributed by atoms with van der Waals surface area (Å²) in [5.74, 6) is -0.399. The highest BCUT2D eigenvalue weighted by atomic mass is 35.5. The fraction of sp³-hybridized carbons (Fsp3) is 0.235. The number of amides is 1. The summed E-state index contributed by atoms with van der Waals surface area (Å²) in [7, 11) is -3.92. The smallest absolute Gasteiger partial charge is 0.264 e. The molecular weight excluding hydrogens is 348 g/mol. The SMILES string of the molecule is CC(C)NC(=O)CN(c1ccccc1Cl)S(=O)(=O)c1ccccc1. The molecule has 0 aliphatic rings. The first-order chi connectivity index (χ1) is 11.3. The predicted octanol–water partition coefficient (Wildman–Crippen LogP) is 3.06. The van der Waals surface area contributed by atoms with E-state index >= 15 is 0 Å². The molecule has 0 spiro atoms. The maximum absolute atomic E-state index is 13.0. The fourth-order valence-corrected chi connectivity index (χ4v) is 3.92. The number of para-hydroxylation sites is 1. The minimum absolute atomic E-state index is 0.0926. The van der Waals surface area contributed by atoms with Gasteiger partial charge in [-0.05, 0) is 38.1 Å². The van der Waals surface area contributed by atoms with Gasteiger partial charge in [0.25, 0.3) is 10.0 Å². The third-order valence-electron chi connectivity index (χ3n) is 3.19. The summed E-state index contributed by atoms with van der Waals surface area (Å²) < 4.78 is 27.0. The van der Waals surface area contributed by atoms with Crippen LogP contribution >= 0.6 is 11.6 Å². The second-order valence-electron chi connectivity index (χ2n) is 5.50. The zero-order valence-electron chi connectivity index (χ0n) is 13.4. The Morgan fingerprint density at radius 2 is 1.67 bits per heavy atom. The first-order valence-electron chi connectivity index (χ1n) is 7.44. The number of nitrogens with one attached hydrogen (secondary N) is 1. The number of hydrogen-bond donors (Lipinski definition) is 1. The molecule has 0 saturated carbocycles. The second kappa shape index (κ2) is 7.68. The third kappa shape index (κ3) is 4.27. The van der Waals surface area contributed by atoms with Crippen molar-refractivity contribution in [3.63, 3.8) is 0 Å². The van der Waals surface area contributed by atoms with Gasteiger partial charge >= 0.3 is 0 Å². The van der Waals surface area contributed by atoms with Crippen LogP contribution in [0.15, 0.2) is 59.5 Å². The van der Waals surface area contributed by atoms with Crippen molar-refractivity contribution in [2.75, 3.05) is 10.8 Å². The molecule has 0 atom stereocenters. The monoisotopic (exact) mass is 366 g/mol. The van der Waals surface area contributed by atoms with E-state index in [1.54, 1.807) is 42.5 Å². The lowest BCUT2D eigenvalue weighted by atomic mass is 10.3. The number of hydrogen-bond acceptors (Lipinski definition) is 3. The number of nitrogens with zero attached hydrogens (tertiary/aromatic N) is 1. The van der Waals surface area contributed by atoms with Gasteiger partial charge in [0.05, 0.1) is 15.6 Å². The molecule has 5 nitrogen and oxygen atoms in total. The van der Waals surface area contributed by atoms with Gasteiger partial charge in [-0.15, -0.1) is 0 Å². The van der Waals surface area contributed by atoms with E-state index in [2.05, 4.69) is 5.32 Å². The normalized spacial score (nSPS) is 11.3. The Labute approximate surface area is 147 Å². The zero-order chi connectivity index (χ0) is 17.7. The third-order valence-corrected chi connectivity index (χ3v) is 5.28. The molecule has 0 heterocycles. The van der Waals surface area contributed by atoms with E-state index in [9.17, 15) is 13.2 Å². The maximum atomic E-state index is 13.0. The van der Waals surface area contributed by atoms with E-state index < -0.39 is 15.9 Å². The van der Waals surface area contributed by atoms with Gasteiger partial charge in [-0.3, -0.25) is 9.10 Å². The molecule has 0 saturated heterocycles. The Morgan fingerprint density at radius 3 is 2.25 bits per heavy atom. The van der Waals surface area contributed by atoms with Crippen LogP contribution in [0, 0.1) is 0 Å². The van der Waals surface area contributed by atoms with Gasteiger partial charge in [-0.2, -0.15) is 0 Å². The van der Waals surface area contributed by atoms with Gasteiger partial charge in [-0.25, -0.2) is 8.42 Å². The zero-order valence-corrected chi connectivity index (χ0v) is 15.0. The largest absolute Gasteiger partial charge is 0.352 e. The van der Waals surface area contributed by atoms with Crippen molar-refractivity contribution in [1.82, 2.24) is 5.32 Å². The van der Waals surface area contributed by atoms with Gasteiger partial charge in [0.1, 0.15) is 6.54 Å². The molecule has 2 rings (SSSR count). The number of carbonyl (C=O) groups is 1. The van der Waals surface area contributed by atoms with E-state index in [0.29, 0.717) is 0 Å². The van der Waals surface area contributed by atoms with Gasteiger partial charge < -0.3 is 5.32 Å². The van der Waals surface area contributed by atoms with Gasteiger partial charge in [-0.1, -0.05) is 41.9 Å². The highest BCUT2D eigenvalue weighted by Crippen LogP contribution is 2.30. The molecule has 0 radical (unpaired) electrons. The summed E-state index contributed by atoms with van der Waals surface area (Å²) >= 11 is 6.16. The molecule has 128 valence electrons. The van der Waals surface area contributed by atoms with Crippen LogP contribution in [0.2, 0.25) is 5.02 Å². The number of halogens is 1. The first-order valence-corrected chi connectivity index (χ1v) is 9.26. The van der Waals surface area contributed by atoms with Crippen LogP contribution in [0.3, 0.4) is 0 Å². The lowest BCUT2D eigenvalue weighted by Gasteiger charge is -2.25. The van der Waals surface area contributed by atoms with Crippen molar-refractivity contribution >= 4 is 33.2 Å². The fourth-order valence-electron chi connectivity index (χ4n) is 2.17. The van der Waals surface area contributed by atoms with Crippen LogP contribution in [0.5, 0.6) is 0 Å². The number of rotatable bonds is 6. The summed E-state index contributed by atoms with van der Waals surface area (Å²) in [5, 5.41) is 2.96. The van der Waals surface area contributed by atoms with Crippen LogP contribution in [0.25, 0.3) is 0 Å². The van der Waals surface area contributed by atoms with E-state index in [1.165, 1.54) is 12.1 Å². The maximum Gasteiger partial charge on any atom is 0.264 e. The molecule has 1 amide bonds. The Kier molecular flexibility index (Phi) is 5.85. The molecule has 2 aromatic carbocycles. The number of benzene rings is 2. The van der Waals surface area contributed by atoms with Crippen LogP contribution in [-0.4, -0.2) is 26.9 Å². The highest BCUT2D eigenvalue weighted by molar-refractivity contribution is 7.92. The standard InChI is InChI=1S/C17H19ClN2O3S/c1-13(2)19-17(21)12-20(16-11-7-6-10-15(16)18)24(22,23)14-8-4-3-5-9-14/h3-11,13H,12H2,1-2H3,(H,19,21). The predicted molar refractivity (Wildman–Crippen MR) is 95.7 cm³/mol. The van der Waals surface area contributed by atoms with Crippen LogP contribution in [-0.2, 0) is 14.8 Å². The van der Waals surface area contributed by atoms with E-state index in [1.807, 2.05) is 13.8 Å². The number of carbonyl (C=O) groups excluding carboxylic acids is 1. The molecule has 0 aliphatic carbocycles. The summed E-state index contributed by atoms with van der Waals surface area (Å²) in [6.45, 7) is 3.27. The molecule has 7 heteroatoms. The average Bonchev–Trinajstić information content (AvgIpc) is 2.53. The molecule has 1 N–H and O–H groups in total. The van der Waals surface area contributed by atoms with Crippen molar-refractivity contribution in [2.24, 2.45) is 0 Å². The van der Waals surface area contributed by atoms with Crippen molar-refractivity contribution in [3.8, 4) is 0 Å². The lowest BCUT2D eigenvalue weighted by Crippen LogP contribution is -2.43. The van der Waals surface area contributed by atoms with E-state index in [-0.39, 0.29) is 28.2 Å². The summed E-state index contributed by atoms with van der Waals surface area (Å²) in [5.41, 5.74) is 0.266. The van der Waals surface area contributed by atoms with Crippen molar-refractivity contribution in [1.29, 1.82) is 0 Å². The van der Waals surface area contributed by atoms with E-state index in [0.717, 1.165) is 4.31 Å². The molecule has 0 fully saturated rings. The van der Waals surface area contributed by atoms with Crippen molar-refractivity contribution in [3.05, 3.63) is 59.6 Å². The van der Waals surface area contributed by atoms with Gasteiger partial charge in [0.2, 0.25) is 5.91 Å². The summed E-state index contributed by atoms with van der Waals surface area (Å²) in [6, 6.07) is 14.4. The molecule has 24 heavy (non-hydrogen) atoms. The molecule has 0 bridgehead atoms. The van der Waals surface area contributed by atoms with Crippen molar-refractivity contribution < 1.29 is 13.2 Å². The average molecular weight is 367 g/mol. The molecule has 0 aliphatic heterocycles. The number of sulfonamides is 1.